The van der Waals surface area contributed by atoms with Crippen LogP contribution in [0.25, 0.3) is 0 Å². The van der Waals surface area contributed by atoms with Crippen LogP contribution in [0.1, 0.15) is 40.4 Å². The lowest BCUT2D eigenvalue weighted by Gasteiger charge is -2.13. The van der Waals surface area contributed by atoms with E-state index >= 15 is 0 Å². The van der Waals surface area contributed by atoms with Crippen LogP contribution in [0.4, 0.5) is 5.69 Å². The molecule has 24 heavy (non-hydrogen) atoms. The zero-order chi connectivity index (χ0) is 17.3. The van der Waals surface area contributed by atoms with Gasteiger partial charge in [-0.3, -0.25) is 4.72 Å². The van der Waals surface area contributed by atoms with E-state index in [0.29, 0.717) is 18.5 Å². The monoisotopic (exact) mass is 345 g/mol. The minimum atomic E-state index is -3.83. The van der Waals surface area contributed by atoms with Crippen molar-refractivity contribution in [2.24, 2.45) is 0 Å². The number of benzene rings is 2. The molecule has 0 spiro atoms. The lowest BCUT2D eigenvalue weighted by molar-refractivity contribution is 0.0696. The number of carboxylic acids is 1. The first kappa shape index (κ1) is 16.5. The fourth-order valence-electron chi connectivity index (χ4n) is 3.05. The fourth-order valence-corrected chi connectivity index (χ4v) is 4.44. The first-order chi connectivity index (χ1) is 11.4. The van der Waals surface area contributed by atoms with Crippen LogP contribution in [-0.2, 0) is 29.3 Å². The molecule has 0 aliphatic heterocycles. The van der Waals surface area contributed by atoms with Gasteiger partial charge in [-0.15, -0.1) is 0 Å². The normalized spacial score (nSPS) is 13.5. The molecule has 0 heterocycles. The highest BCUT2D eigenvalue weighted by Crippen LogP contribution is 2.31. The Morgan fingerprint density at radius 1 is 1.17 bits per heavy atom. The number of carbonyl (C=O) groups is 1. The predicted molar refractivity (Wildman–Crippen MR) is 92.1 cm³/mol. The topological polar surface area (TPSA) is 83.5 Å². The number of aryl methyl sites for hydroxylation is 2. The number of hydrogen-bond acceptors (Lipinski definition) is 3. The molecule has 3 rings (SSSR count). The molecule has 2 N–H and O–H groups in total. The van der Waals surface area contributed by atoms with Gasteiger partial charge < -0.3 is 5.11 Å². The number of fused-ring (bicyclic) bond motifs is 1. The molecule has 0 unspecified atom stereocenters. The maximum atomic E-state index is 12.8. The number of aromatic carboxylic acids is 1. The summed E-state index contributed by atoms with van der Waals surface area (Å²) in [4.78, 5) is 11.4. The van der Waals surface area contributed by atoms with Crippen molar-refractivity contribution in [3.05, 3.63) is 58.7 Å². The van der Waals surface area contributed by atoms with Crippen LogP contribution in [0.15, 0.2) is 41.3 Å². The van der Waals surface area contributed by atoms with Gasteiger partial charge in [0.1, 0.15) is 0 Å². The summed E-state index contributed by atoms with van der Waals surface area (Å²) in [6, 6.07) is 10.0. The largest absolute Gasteiger partial charge is 0.478 e. The second kappa shape index (κ2) is 6.28. The van der Waals surface area contributed by atoms with Crippen LogP contribution in [0.2, 0.25) is 0 Å². The van der Waals surface area contributed by atoms with Crippen LogP contribution in [0.5, 0.6) is 0 Å². The molecule has 2 aromatic rings. The molecule has 0 fully saturated rings. The van der Waals surface area contributed by atoms with Crippen molar-refractivity contribution >= 4 is 21.7 Å². The van der Waals surface area contributed by atoms with Crippen molar-refractivity contribution < 1.29 is 18.3 Å². The van der Waals surface area contributed by atoms with Crippen molar-refractivity contribution in [2.75, 3.05) is 4.72 Å². The summed E-state index contributed by atoms with van der Waals surface area (Å²) in [6.45, 7) is 2.03. The molecule has 5 nitrogen and oxygen atoms in total. The van der Waals surface area contributed by atoms with Crippen LogP contribution in [-0.4, -0.2) is 19.5 Å². The van der Waals surface area contributed by atoms with E-state index in [0.717, 1.165) is 29.5 Å². The van der Waals surface area contributed by atoms with Gasteiger partial charge in [0, 0.05) is 5.69 Å². The van der Waals surface area contributed by atoms with Gasteiger partial charge in [-0.05, 0) is 66.6 Å². The second-order valence-electron chi connectivity index (χ2n) is 5.93. The SMILES string of the molecule is CCc1ccc(NS(=O)(=O)c2cc(C(=O)O)cc3c2CCC3)cc1. The Labute approximate surface area is 141 Å². The second-order valence-corrected chi connectivity index (χ2v) is 7.58. The van der Waals surface area contributed by atoms with Crippen molar-refractivity contribution in [3.63, 3.8) is 0 Å². The summed E-state index contributed by atoms with van der Waals surface area (Å²) >= 11 is 0. The summed E-state index contributed by atoms with van der Waals surface area (Å²) < 4.78 is 28.1. The first-order valence-corrected chi connectivity index (χ1v) is 9.40. The lowest BCUT2D eigenvalue weighted by atomic mass is 10.1. The first-order valence-electron chi connectivity index (χ1n) is 7.91. The van der Waals surface area contributed by atoms with Gasteiger partial charge in [-0.2, -0.15) is 0 Å². The van der Waals surface area contributed by atoms with Gasteiger partial charge in [0.2, 0.25) is 0 Å². The zero-order valence-electron chi connectivity index (χ0n) is 13.4. The third kappa shape index (κ3) is 3.14. The molecule has 6 heteroatoms. The van der Waals surface area contributed by atoms with E-state index in [1.807, 2.05) is 19.1 Å². The minimum Gasteiger partial charge on any atom is -0.478 e. The highest BCUT2D eigenvalue weighted by atomic mass is 32.2. The zero-order valence-corrected chi connectivity index (χ0v) is 14.2. The van der Waals surface area contributed by atoms with Crippen LogP contribution >= 0.6 is 0 Å². The average Bonchev–Trinajstić information content (AvgIpc) is 3.02. The third-order valence-corrected chi connectivity index (χ3v) is 5.77. The summed E-state index contributed by atoms with van der Waals surface area (Å²) in [6.07, 6.45) is 3.08. The van der Waals surface area contributed by atoms with Crippen LogP contribution in [0.3, 0.4) is 0 Å². The van der Waals surface area contributed by atoms with E-state index < -0.39 is 16.0 Å². The number of carboxylic acid groups (broad SMARTS) is 1. The van der Waals surface area contributed by atoms with E-state index in [9.17, 15) is 18.3 Å². The van der Waals surface area contributed by atoms with E-state index in [1.165, 1.54) is 6.07 Å². The number of rotatable bonds is 5. The third-order valence-electron chi connectivity index (χ3n) is 4.33. The predicted octanol–water partition coefficient (Wildman–Crippen LogP) is 3.24. The standard InChI is InChI=1S/C18H19NO4S/c1-2-12-6-8-15(9-7-12)19-24(22,23)17-11-14(18(20)21)10-13-4-3-5-16(13)17/h6-11,19H,2-5H2,1H3,(H,20,21). The van der Waals surface area contributed by atoms with Crippen LogP contribution in [0, 0.1) is 0 Å². The molecule has 0 atom stereocenters. The Bertz CT molecular complexity index is 886. The fraction of sp³-hybridized carbons (Fsp3) is 0.278. The molecule has 0 bridgehead atoms. The maximum absolute atomic E-state index is 12.8. The smallest absolute Gasteiger partial charge is 0.335 e. The number of nitrogens with one attached hydrogen (secondary N) is 1. The molecular weight excluding hydrogens is 326 g/mol. The van der Waals surface area contributed by atoms with E-state index in [4.69, 9.17) is 0 Å². The van der Waals surface area contributed by atoms with Crippen molar-refractivity contribution in [2.45, 2.75) is 37.5 Å². The molecular formula is C18H19NO4S. The molecule has 0 saturated carbocycles. The molecule has 2 aromatic carbocycles. The Morgan fingerprint density at radius 3 is 2.50 bits per heavy atom. The van der Waals surface area contributed by atoms with Gasteiger partial charge in [0.25, 0.3) is 10.0 Å². The molecule has 0 radical (unpaired) electrons. The van der Waals surface area contributed by atoms with E-state index in [-0.39, 0.29) is 10.5 Å². The quantitative estimate of drug-likeness (QED) is 0.871. The van der Waals surface area contributed by atoms with Crippen molar-refractivity contribution in [1.29, 1.82) is 0 Å². The van der Waals surface area contributed by atoms with E-state index in [1.54, 1.807) is 18.2 Å². The van der Waals surface area contributed by atoms with Crippen LogP contribution < -0.4 is 4.72 Å². The van der Waals surface area contributed by atoms with Gasteiger partial charge >= 0.3 is 5.97 Å². The van der Waals surface area contributed by atoms with Crippen molar-refractivity contribution in [1.82, 2.24) is 0 Å². The summed E-state index contributed by atoms with van der Waals surface area (Å²) in [5.41, 5.74) is 3.15. The number of sulfonamides is 1. The summed E-state index contributed by atoms with van der Waals surface area (Å²) in [7, 11) is -3.83. The Morgan fingerprint density at radius 2 is 1.88 bits per heavy atom. The lowest BCUT2D eigenvalue weighted by Crippen LogP contribution is -2.16. The number of hydrogen-bond donors (Lipinski definition) is 2. The maximum Gasteiger partial charge on any atom is 0.335 e. The summed E-state index contributed by atoms with van der Waals surface area (Å²) in [5.74, 6) is -1.12. The Balaban J connectivity index is 2.01. The molecule has 1 aliphatic carbocycles. The average molecular weight is 345 g/mol. The molecule has 1 aliphatic rings. The highest BCUT2D eigenvalue weighted by molar-refractivity contribution is 7.92. The van der Waals surface area contributed by atoms with Gasteiger partial charge in [-0.1, -0.05) is 19.1 Å². The number of anilines is 1. The minimum absolute atomic E-state index is 0.0114. The van der Waals surface area contributed by atoms with Gasteiger partial charge in [0.15, 0.2) is 0 Å². The highest BCUT2D eigenvalue weighted by Gasteiger charge is 2.26. The molecule has 126 valence electrons. The molecule has 0 saturated heterocycles. The molecule has 0 aromatic heterocycles. The molecule has 0 amide bonds. The van der Waals surface area contributed by atoms with Gasteiger partial charge in [0.05, 0.1) is 10.5 Å². The van der Waals surface area contributed by atoms with Gasteiger partial charge in [-0.25, -0.2) is 13.2 Å². The Hall–Kier alpha value is -2.34. The van der Waals surface area contributed by atoms with Crippen molar-refractivity contribution in [3.8, 4) is 0 Å². The Kier molecular flexibility index (Phi) is 4.32. The summed E-state index contributed by atoms with van der Waals surface area (Å²) in [5, 5.41) is 9.24. The van der Waals surface area contributed by atoms with E-state index in [2.05, 4.69) is 4.72 Å².